The Kier molecular flexibility index (Phi) is 3.00. The topological polar surface area (TPSA) is 80.9 Å². The lowest BCUT2D eigenvalue weighted by Crippen LogP contribution is -2.19. The molecule has 0 aliphatic heterocycles. The normalized spacial score (nSPS) is 9.94. The monoisotopic (exact) mass is 228 g/mol. The van der Waals surface area contributed by atoms with Gasteiger partial charge in [0.2, 0.25) is 0 Å². The Hall–Kier alpha value is -2.43. The molecule has 0 fully saturated rings. The second-order valence-electron chi connectivity index (χ2n) is 3.42. The first-order chi connectivity index (χ1) is 8.24. The van der Waals surface area contributed by atoms with Crippen LogP contribution in [0.5, 0.6) is 0 Å². The van der Waals surface area contributed by atoms with Crippen LogP contribution in [0.1, 0.15) is 10.4 Å². The van der Waals surface area contributed by atoms with Gasteiger partial charge in [-0.25, -0.2) is 9.97 Å². The molecule has 5 nitrogen and oxygen atoms in total. The van der Waals surface area contributed by atoms with Crippen LogP contribution < -0.4 is 11.1 Å². The molecule has 0 saturated heterocycles. The van der Waals surface area contributed by atoms with Gasteiger partial charge in [-0.3, -0.25) is 4.79 Å². The van der Waals surface area contributed by atoms with Crippen molar-refractivity contribution in [2.45, 2.75) is 0 Å². The fraction of sp³-hybridized carbons (Fsp3) is 0.0833. The number of carbonyl (C=O) groups excluding carboxylic acids is 1. The molecule has 3 N–H and O–H groups in total. The van der Waals surface area contributed by atoms with Crippen molar-refractivity contribution in [3.05, 3.63) is 42.2 Å². The minimum Gasteiger partial charge on any atom is -0.398 e. The Balaban J connectivity index is 2.64. The fourth-order valence-electron chi connectivity index (χ4n) is 1.57. The third-order valence-corrected chi connectivity index (χ3v) is 2.36. The van der Waals surface area contributed by atoms with Crippen LogP contribution in [0.2, 0.25) is 0 Å². The van der Waals surface area contributed by atoms with Crippen molar-refractivity contribution >= 4 is 11.6 Å². The number of nitrogens with zero attached hydrogens (tertiary/aromatic N) is 2. The summed E-state index contributed by atoms with van der Waals surface area (Å²) in [6, 6.07) is 6.85. The molecular weight excluding hydrogens is 216 g/mol. The lowest BCUT2D eigenvalue weighted by atomic mass is 10.0. The fourth-order valence-corrected chi connectivity index (χ4v) is 1.57. The summed E-state index contributed by atoms with van der Waals surface area (Å²) < 4.78 is 0. The predicted octanol–water partition coefficient (Wildman–Crippen LogP) is 1.09. The zero-order valence-corrected chi connectivity index (χ0v) is 9.34. The second-order valence-corrected chi connectivity index (χ2v) is 3.42. The van der Waals surface area contributed by atoms with Crippen molar-refractivity contribution < 1.29 is 4.79 Å². The molecule has 0 saturated carbocycles. The molecule has 2 aromatic rings. The summed E-state index contributed by atoms with van der Waals surface area (Å²) >= 11 is 0. The van der Waals surface area contributed by atoms with Gasteiger partial charge in [0.1, 0.15) is 0 Å². The molecule has 1 aromatic carbocycles. The summed E-state index contributed by atoms with van der Waals surface area (Å²) in [7, 11) is 1.57. The molecule has 86 valence electrons. The van der Waals surface area contributed by atoms with Gasteiger partial charge < -0.3 is 11.1 Å². The number of nitrogen functional groups attached to an aromatic ring is 1. The summed E-state index contributed by atoms with van der Waals surface area (Å²) in [6.07, 6.45) is 3.23. The molecule has 0 atom stereocenters. The number of benzene rings is 1. The van der Waals surface area contributed by atoms with Gasteiger partial charge in [0.25, 0.3) is 5.91 Å². The first-order valence-electron chi connectivity index (χ1n) is 5.12. The molecule has 0 unspecified atom stereocenters. The lowest BCUT2D eigenvalue weighted by Gasteiger charge is -2.09. The average Bonchev–Trinajstić information content (AvgIpc) is 2.38. The van der Waals surface area contributed by atoms with E-state index in [1.165, 1.54) is 0 Å². The first kappa shape index (κ1) is 11.1. The van der Waals surface area contributed by atoms with Gasteiger partial charge in [0, 0.05) is 25.1 Å². The van der Waals surface area contributed by atoms with Crippen LogP contribution in [0.3, 0.4) is 0 Å². The quantitative estimate of drug-likeness (QED) is 0.754. The van der Waals surface area contributed by atoms with Crippen LogP contribution in [0.25, 0.3) is 11.4 Å². The molecule has 1 heterocycles. The van der Waals surface area contributed by atoms with E-state index in [0.29, 0.717) is 22.6 Å². The highest BCUT2D eigenvalue weighted by atomic mass is 16.1. The summed E-state index contributed by atoms with van der Waals surface area (Å²) in [5, 5.41) is 2.57. The summed E-state index contributed by atoms with van der Waals surface area (Å²) in [5.41, 5.74) is 7.40. The van der Waals surface area contributed by atoms with E-state index < -0.39 is 0 Å². The maximum absolute atomic E-state index is 11.7. The van der Waals surface area contributed by atoms with E-state index in [4.69, 9.17) is 5.73 Å². The van der Waals surface area contributed by atoms with Crippen molar-refractivity contribution in [2.24, 2.45) is 0 Å². The molecular formula is C12H12N4O. The van der Waals surface area contributed by atoms with Crippen LogP contribution in [-0.2, 0) is 0 Å². The maximum Gasteiger partial charge on any atom is 0.251 e. The minimum absolute atomic E-state index is 0.209. The van der Waals surface area contributed by atoms with Gasteiger partial charge in [-0.05, 0) is 18.2 Å². The second kappa shape index (κ2) is 4.61. The Bertz CT molecular complexity index is 539. The molecule has 0 aliphatic carbocycles. The van der Waals surface area contributed by atoms with Crippen LogP contribution in [-0.4, -0.2) is 22.9 Å². The van der Waals surface area contributed by atoms with Crippen molar-refractivity contribution in [3.8, 4) is 11.4 Å². The highest BCUT2D eigenvalue weighted by Gasteiger charge is 2.15. The molecule has 0 spiro atoms. The number of nitrogens with one attached hydrogen (secondary N) is 1. The Morgan fingerprint density at radius 2 is 1.94 bits per heavy atom. The van der Waals surface area contributed by atoms with E-state index in [2.05, 4.69) is 15.3 Å². The first-order valence-corrected chi connectivity index (χ1v) is 5.12. The highest BCUT2D eigenvalue weighted by Crippen LogP contribution is 2.26. The van der Waals surface area contributed by atoms with E-state index in [9.17, 15) is 4.79 Å². The number of amides is 1. The van der Waals surface area contributed by atoms with Crippen molar-refractivity contribution in [2.75, 3.05) is 12.8 Å². The number of hydrogen-bond donors (Lipinski definition) is 2. The zero-order chi connectivity index (χ0) is 12.3. The van der Waals surface area contributed by atoms with E-state index in [0.717, 1.165) is 0 Å². The minimum atomic E-state index is -0.209. The van der Waals surface area contributed by atoms with Gasteiger partial charge >= 0.3 is 0 Å². The highest BCUT2D eigenvalue weighted by molar-refractivity contribution is 6.02. The zero-order valence-electron chi connectivity index (χ0n) is 9.34. The molecule has 2 rings (SSSR count). The van der Waals surface area contributed by atoms with E-state index >= 15 is 0 Å². The summed E-state index contributed by atoms with van der Waals surface area (Å²) in [5.74, 6) is 0.240. The molecule has 5 heteroatoms. The Morgan fingerprint density at radius 3 is 2.59 bits per heavy atom. The van der Waals surface area contributed by atoms with Gasteiger partial charge in [-0.1, -0.05) is 6.07 Å². The third-order valence-electron chi connectivity index (χ3n) is 2.36. The number of nitrogens with two attached hydrogens (primary N) is 1. The standard InChI is InChI=1S/C12H12N4O/c1-14-12(17)8-4-2-5-9(13)10(8)11-15-6-3-7-16-11/h2-7H,13H2,1H3,(H,14,17). The van der Waals surface area contributed by atoms with E-state index in [1.54, 1.807) is 43.7 Å². The van der Waals surface area contributed by atoms with Crippen LogP contribution >= 0.6 is 0 Å². The maximum atomic E-state index is 11.7. The smallest absolute Gasteiger partial charge is 0.251 e. The predicted molar refractivity (Wildman–Crippen MR) is 65.3 cm³/mol. The van der Waals surface area contributed by atoms with Crippen LogP contribution in [0, 0.1) is 0 Å². The van der Waals surface area contributed by atoms with Crippen molar-refractivity contribution in [1.82, 2.24) is 15.3 Å². The van der Waals surface area contributed by atoms with Crippen LogP contribution in [0.4, 0.5) is 5.69 Å². The number of rotatable bonds is 2. The Labute approximate surface area is 98.7 Å². The largest absolute Gasteiger partial charge is 0.398 e. The summed E-state index contributed by atoms with van der Waals surface area (Å²) in [4.78, 5) is 20.0. The molecule has 17 heavy (non-hydrogen) atoms. The van der Waals surface area contributed by atoms with Gasteiger partial charge in [0.15, 0.2) is 5.82 Å². The Morgan fingerprint density at radius 1 is 1.24 bits per heavy atom. The number of anilines is 1. The van der Waals surface area contributed by atoms with Crippen LogP contribution in [0.15, 0.2) is 36.7 Å². The van der Waals surface area contributed by atoms with Crippen molar-refractivity contribution in [3.63, 3.8) is 0 Å². The van der Waals surface area contributed by atoms with Gasteiger partial charge in [-0.2, -0.15) is 0 Å². The third kappa shape index (κ3) is 2.08. The number of aromatic nitrogens is 2. The summed E-state index contributed by atoms with van der Waals surface area (Å²) in [6.45, 7) is 0. The van der Waals surface area contributed by atoms with E-state index in [-0.39, 0.29) is 5.91 Å². The molecule has 1 amide bonds. The van der Waals surface area contributed by atoms with Crippen molar-refractivity contribution in [1.29, 1.82) is 0 Å². The molecule has 0 aliphatic rings. The number of hydrogen-bond acceptors (Lipinski definition) is 4. The van der Waals surface area contributed by atoms with E-state index in [1.807, 2.05) is 0 Å². The molecule has 1 aromatic heterocycles. The SMILES string of the molecule is CNC(=O)c1cccc(N)c1-c1ncccn1. The molecule has 0 radical (unpaired) electrons. The number of carbonyl (C=O) groups is 1. The molecule has 0 bridgehead atoms. The van der Waals surface area contributed by atoms with Gasteiger partial charge in [-0.15, -0.1) is 0 Å². The average molecular weight is 228 g/mol. The lowest BCUT2D eigenvalue weighted by molar-refractivity contribution is 0.0963. The van der Waals surface area contributed by atoms with Gasteiger partial charge in [0.05, 0.1) is 11.1 Å².